The second-order valence-electron chi connectivity index (χ2n) is 4.60. The van der Waals surface area contributed by atoms with E-state index in [0.29, 0.717) is 18.1 Å². The maximum absolute atomic E-state index is 9.23. The number of rotatable bonds is 6. The minimum absolute atomic E-state index is 0.209. The molecule has 1 unspecified atom stereocenters. The van der Waals surface area contributed by atoms with Crippen molar-refractivity contribution in [1.29, 1.82) is 0 Å². The zero-order valence-corrected chi connectivity index (χ0v) is 11.3. The molecule has 0 amide bonds. The molecule has 0 saturated heterocycles. The molecule has 5 nitrogen and oxygen atoms in total. The van der Waals surface area contributed by atoms with E-state index < -0.39 is 0 Å². The first-order chi connectivity index (χ1) is 9.19. The maximum Gasteiger partial charge on any atom is 0.230 e. The van der Waals surface area contributed by atoms with Crippen molar-refractivity contribution < 1.29 is 9.63 Å². The number of hydrogen-bond donors (Lipinski definition) is 2. The van der Waals surface area contributed by atoms with E-state index in [9.17, 15) is 5.11 Å². The summed E-state index contributed by atoms with van der Waals surface area (Å²) in [7, 11) is 0. The standard InChI is InChI=1S/C14H19N3O2/c1-3-15-9-10(2)14-16-13(17-19-14)8-11-4-6-12(18)7-5-11/h4-7,10,15,18H,3,8-9H2,1-2H3. The van der Waals surface area contributed by atoms with Gasteiger partial charge in [-0.1, -0.05) is 31.1 Å². The molecule has 0 bridgehead atoms. The van der Waals surface area contributed by atoms with Crippen LogP contribution >= 0.6 is 0 Å². The van der Waals surface area contributed by atoms with Gasteiger partial charge in [0.05, 0.1) is 0 Å². The molecule has 1 heterocycles. The smallest absolute Gasteiger partial charge is 0.230 e. The Morgan fingerprint density at radius 2 is 2.05 bits per heavy atom. The van der Waals surface area contributed by atoms with Crippen LogP contribution in [0.3, 0.4) is 0 Å². The van der Waals surface area contributed by atoms with Crippen molar-refractivity contribution >= 4 is 0 Å². The fourth-order valence-corrected chi connectivity index (χ4v) is 1.78. The molecule has 0 aliphatic rings. The van der Waals surface area contributed by atoms with E-state index >= 15 is 0 Å². The van der Waals surface area contributed by atoms with Gasteiger partial charge in [-0.25, -0.2) is 0 Å². The summed E-state index contributed by atoms with van der Waals surface area (Å²) in [5, 5.41) is 16.5. The van der Waals surface area contributed by atoms with Crippen LogP contribution in [0.2, 0.25) is 0 Å². The summed E-state index contributed by atoms with van der Waals surface area (Å²) in [5.41, 5.74) is 1.05. The van der Waals surface area contributed by atoms with Crippen LogP contribution in [-0.2, 0) is 6.42 Å². The molecule has 19 heavy (non-hydrogen) atoms. The van der Waals surface area contributed by atoms with Gasteiger partial charge in [-0.05, 0) is 24.2 Å². The number of aromatic nitrogens is 2. The van der Waals surface area contributed by atoms with Crippen molar-refractivity contribution in [3.8, 4) is 5.75 Å². The van der Waals surface area contributed by atoms with Gasteiger partial charge in [-0.3, -0.25) is 0 Å². The third kappa shape index (κ3) is 3.79. The maximum atomic E-state index is 9.23. The van der Waals surface area contributed by atoms with Crippen molar-refractivity contribution in [3.05, 3.63) is 41.5 Å². The van der Waals surface area contributed by atoms with E-state index in [0.717, 1.165) is 18.7 Å². The number of nitrogens with zero attached hydrogens (tertiary/aromatic N) is 2. The molecule has 0 saturated carbocycles. The molecule has 5 heteroatoms. The molecule has 2 aromatic rings. The highest BCUT2D eigenvalue weighted by molar-refractivity contribution is 5.27. The summed E-state index contributed by atoms with van der Waals surface area (Å²) in [6, 6.07) is 7.02. The molecule has 2 N–H and O–H groups in total. The number of phenolic OH excluding ortho intramolecular Hbond substituents is 1. The predicted octanol–water partition coefficient (Wildman–Crippen LogP) is 2.08. The number of phenols is 1. The lowest BCUT2D eigenvalue weighted by atomic mass is 10.1. The highest BCUT2D eigenvalue weighted by atomic mass is 16.5. The first kappa shape index (κ1) is 13.5. The fourth-order valence-electron chi connectivity index (χ4n) is 1.78. The Bertz CT molecular complexity index is 508. The van der Waals surface area contributed by atoms with Crippen molar-refractivity contribution in [1.82, 2.24) is 15.5 Å². The summed E-state index contributed by atoms with van der Waals surface area (Å²) in [4.78, 5) is 4.40. The minimum atomic E-state index is 0.209. The topological polar surface area (TPSA) is 71.2 Å². The van der Waals surface area contributed by atoms with E-state index in [-0.39, 0.29) is 11.7 Å². The first-order valence-corrected chi connectivity index (χ1v) is 6.50. The van der Waals surface area contributed by atoms with Crippen LogP contribution in [-0.4, -0.2) is 28.3 Å². The summed E-state index contributed by atoms with van der Waals surface area (Å²) in [5.74, 6) is 1.80. The summed E-state index contributed by atoms with van der Waals surface area (Å²) in [6.07, 6.45) is 0.609. The summed E-state index contributed by atoms with van der Waals surface area (Å²) < 4.78 is 5.27. The number of hydrogen-bond acceptors (Lipinski definition) is 5. The fraction of sp³-hybridized carbons (Fsp3) is 0.429. The number of likely N-dealkylation sites (N-methyl/N-ethyl adjacent to an activating group) is 1. The first-order valence-electron chi connectivity index (χ1n) is 6.50. The normalized spacial score (nSPS) is 12.5. The monoisotopic (exact) mass is 261 g/mol. The van der Waals surface area contributed by atoms with Crippen molar-refractivity contribution in [2.75, 3.05) is 13.1 Å². The summed E-state index contributed by atoms with van der Waals surface area (Å²) in [6.45, 7) is 5.88. The van der Waals surface area contributed by atoms with Crippen molar-refractivity contribution in [2.24, 2.45) is 0 Å². The third-order valence-corrected chi connectivity index (χ3v) is 2.90. The van der Waals surface area contributed by atoms with Crippen LogP contribution in [0.25, 0.3) is 0 Å². The second kappa shape index (κ2) is 6.33. The lowest BCUT2D eigenvalue weighted by Crippen LogP contribution is -2.19. The van der Waals surface area contributed by atoms with Gasteiger partial charge in [-0.15, -0.1) is 0 Å². The predicted molar refractivity (Wildman–Crippen MR) is 72.2 cm³/mol. The van der Waals surface area contributed by atoms with E-state index in [4.69, 9.17) is 4.52 Å². The molecule has 0 fully saturated rings. The molecular weight excluding hydrogens is 242 g/mol. The van der Waals surface area contributed by atoms with Crippen LogP contribution < -0.4 is 5.32 Å². The SMILES string of the molecule is CCNCC(C)c1nc(Cc2ccc(O)cc2)no1. The minimum Gasteiger partial charge on any atom is -0.508 e. The quantitative estimate of drug-likeness (QED) is 0.833. The molecular formula is C14H19N3O2. The van der Waals surface area contributed by atoms with Crippen LogP contribution in [0.15, 0.2) is 28.8 Å². The van der Waals surface area contributed by atoms with Gasteiger partial charge in [0.2, 0.25) is 5.89 Å². The number of aromatic hydroxyl groups is 1. The number of nitrogens with one attached hydrogen (secondary N) is 1. The Hall–Kier alpha value is -1.88. The third-order valence-electron chi connectivity index (χ3n) is 2.90. The molecule has 1 aromatic heterocycles. The Morgan fingerprint density at radius 3 is 2.74 bits per heavy atom. The molecule has 0 aliphatic heterocycles. The average molecular weight is 261 g/mol. The van der Waals surface area contributed by atoms with Gasteiger partial charge in [0.15, 0.2) is 5.82 Å². The van der Waals surface area contributed by atoms with E-state index in [1.165, 1.54) is 0 Å². The zero-order chi connectivity index (χ0) is 13.7. The van der Waals surface area contributed by atoms with Crippen molar-refractivity contribution in [3.63, 3.8) is 0 Å². The second-order valence-corrected chi connectivity index (χ2v) is 4.60. The van der Waals surface area contributed by atoms with Gasteiger partial charge in [-0.2, -0.15) is 4.98 Å². The van der Waals surface area contributed by atoms with Gasteiger partial charge < -0.3 is 14.9 Å². The van der Waals surface area contributed by atoms with Gasteiger partial charge in [0.25, 0.3) is 0 Å². The average Bonchev–Trinajstić information content (AvgIpc) is 2.87. The highest BCUT2D eigenvalue weighted by Crippen LogP contribution is 2.15. The molecule has 1 atom stereocenters. The van der Waals surface area contributed by atoms with Crippen LogP contribution in [0.4, 0.5) is 0 Å². The van der Waals surface area contributed by atoms with E-state index in [1.807, 2.05) is 12.1 Å². The van der Waals surface area contributed by atoms with Crippen LogP contribution in [0.5, 0.6) is 5.75 Å². The number of benzene rings is 1. The molecule has 102 valence electrons. The van der Waals surface area contributed by atoms with E-state index in [1.54, 1.807) is 12.1 Å². The Labute approximate surface area is 112 Å². The Balaban J connectivity index is 1.98. The molecule has 1 aromatic carbocycles. The van der Waals surface area contributed by atoms with Crippen LogP contribution in [0.1, 0.15) is 37.0 Å². The Kier molecular flexibility index (Phi) is 4.52. The van der Waals surface area contributed by atoms with Gasteiger partial charge >= 0.3 is 0 Å². The highest BCUT2D eigenvalue weighted by Gasteiger charge is 2.13. The summed E-state index contributed by atoms with van der Waals surface area (Å²) >= 11 is 0. The molecule has 0 spiro atoms. The van der Waals surface area contributed by atoms with Crippen molar-refractivity contribution in [2.45, 2.75) is 26.2 Å². The molecule has 2 rings (SSSR count). The molecule has 0 radical (unpaired) electrons. The van der Waals surface area contributed by atoms with Crippen LogP contribution in [0, 0.1) is 0 Å². The lowest BCUT2D eigenvalue weighted by Gasteiger charge is -2.05. The van der Waals surface area contributed by atoms with Gasteiger partial charge in [0.1, 0.15) is 5.75 Å². The van der Waals surface area contributed by atoms with Gasteiger partial charge in [0, 0.05) is 18.9 Å². The lowest BCUT2D eigenvalue weighted by molar-refractivity contribution is 0.352. The Morgan fingerprint density at radius 1 is 1.32 bits per heavy atom. The molecule has 0 aliphatic carbocycles. The largest absolute Gasteiger partial charge is 0.508 e. The zero-order valence-electron chi connectivity index (χ0n) is 11.3. The van der Waals surface area contributed by atoms with E-state index in [2.05, 4.69) is 29.3 Å².